The van der Waals surface area contributed by atoms with Gasteiger partial charge in [-0.05, 0) is 53.7 Å². The highest BCUT2D eigenvalue weighted by atomic mass is 79.9. The van der Waals surface area contributed by atoms with Crippen LogP contribution in [0, 0.1) is 0 Å². The SMILES string of the molecule is O=C(NC1CC2CCC(C1)N2)c1ccc(Br)o1. The Labute approximate surface area is 108 Å². The number of furan rings is 1. The van der Waals surface area contributed by atoms with Crippen molar-refractivity contribution in [3.8, 4) is 0 Å². The summed E-state index contributed by atoms with van der Waals surface area (Å²) in [6.45, 7) is 0. The highest BCUT2D eigenvalue weighted by molar-refractivity contribution is 9.10. The van der Waals surface area contributed by atoms with Crippen LogP contribution in [-0.2, 0) is 0 Å². The molecule has 17 heavy (non-hydrogen) atoms. The Balaban J connectivity index is 1.62. The Hall–Kier alpha value is -0.810. The molecule has 2 fully saturated rings. The van der Waals surface area contributed by atoms with Gasteiger partial charge in [0.25, 0.3) is 5.91 Å². The molecule has 1 amide bonds. The van der Waals surface area contributed by atoms with Crippen molar-refractivity contribution in [1.82, 2.24) is 10.6 Å². The Morgan fingerprint density at radius 2 is 2.06 bits per heavy atom. The van der Waals surface area contributed by atoms with E-state index in [-0.39, 0.29) is 11.9 Å². The van der Waals surface area contributed by atoms with E-state index in [0.29, 0.717) is 22.5 Å². The van der Waals surface area contributed by atoms with E-state index in [2.05, 4.69) is 26.6 Å². The molecule has 5 heteroatoms. The lowest BCUT2D eigenvalue weighted by Crippen LogP contribution is -2.47. The number of rotatable bonds is 2. The van der Waals surface area contributed by atoms with E-state index in [4.69, 9.17) is 4.42 Å². The van der Waals surface area contributed by atoms with Gasteiger partial charge in [0.1, 0.15) is 0 Å². The van der Waals surface area contributed by atoms with Crippen molar-refractivity contribution in [3.63, 3.8) is 0 Å². The number of hydrogen-bond donors (Lipinski definition) is 2. The first-order valence-corrected chi connectivity index (χ1v) is 6.82. The molecule has 2 bridgehead atoms. The third-order valence-electron chi connectivity index (χ3n) is 3.61. The maximum Gasteiger partial charge on any atom is 0.287 e. The van der Waals surface area contributed by atoms with Gasteiger partial charge in [-0.15, -0.1) is 0 Å². The van der Waals surface area contributed by atoms with E-state index in [1.807, 2.05) is 0 Å². The topological polar surface area (TPSA) is 54.3 Å². The molecule has 2 saturated heterocycles. The smallest absolute Gasteiger partial charge is 0.287 e. The highest BCUT2D eigenvalue weighted by Crippen LogP contribution is 2.27. The predicted octanol–water partition coefficient (Wildman–Crippen LogP) is 2.05. The number of nitrogens with one attached hydrogen (secondary N) is 2. The van der Waals surface area contributed by atoms with Crippen molar-refractivity contribution >= 4 is 21.8 Å². The third-order valence-corrected chi connectivity index (χ3v) is 4.03. The van der Waals surface area contributed by atoms with Gasteiger partial charge in [0, 0.05) is 18.1 Å². The maximum atomic E-state index is 11.9. The molecule has 0 radical (unpaired) electrons. The van der Waals surface area contributed by atoms with Crippen LogP contribution in [0.4, 0.5) is 0 Å². The zero-order valence-electron chi connectivity index (χ0n) is 9.41. The van der Waals surface area contributed by atoms with E-state index < -0.39 is 0 Å². The minimum atomic E-state index is -0.109. The van der Waals surface area contributed by atoms with Gasteiger partial charge in [0.05, 0.1) is 0 Å². The number of piperidine rings is 1. The van der Waals surface area contributed by atoms with E-state index in [9.17, 15) is 4.79 Å². The number of halogens is 1. The molecule has 0 aromatic carbocycles. The van der Waals surface area contributed by atoms with Crippen LogP contribution < -0.4 is 10.6 Å². The number of carbonyl (C=O) groups excluding carboxylic acids is 1. The molecule has 2 atom stereocenters. The molecule has 1 aromatic rings. The van der Waals surface area contributed by atoms with Gasteiger partial charge >= 0.3 is 0 Å². The summed E-state index contributed by atoms with van der Waals surface area (Å²) in [4.78, 5) is 11.9. The van der Waals surface area contributed by atoms with Crippen molar-refractivity contribution in [1.29, 1.82) is 0 Å². The Kier molecular flexibility index (Phi) is 2.96. The van der Waals surface area contributed by atoms with Crippen LogP contribution in [-0.4, -0.2) is 24.0 Å². The second-order valence-corrected chi connectivity index (χ2v) is 5.66. The predicted molar refractivity (Wildman–Crippen MR) is 66.8 cm³/mol. The molecule has 0 spiro atoms. The lowest BCUT2D eigenvalue weighted by molar-refractivity contribution is 0.0894. The second kappa shape index (κ2) is 4.46. The average molecular weight is 299 g/mol. The summed E-state index contributed by atoms with van der Waals surface area (Å²) in [6.07, 6.45) is 4.54. The lowest BCUT2D eigenvalue weighted by Gasteiger charge is -2.29. The molecule has 0 saturated carbocycles. The van der Waals surface area contributed by atoms with E-state index in [1.54, 1.807) is 12.1 Å². The van der Waals surface area contributed by atoms with E-state index in [0.717, 1.165) is 12.8 Å². The normalized spacial score (nSPS) is 31.5. The summed E-state index contributed by atoms with van der Waals surface area (Å²) in [5.41, 5.74) is 0. The van der Waals surface area contributed by atoms with Crippen molar-refractivity contribution in [2.24, 2.45) is 0 Å². The van der Waals surface area contributed by atoms with Crippen LogP contribution >= 0.6 is 15.9 Å². The van der Waals surface area contributed by atoms with Crippen molar-refractivity contribution < 1.29 is 9.21 Å². The maximum absolute atomic E-state index is 11.9. The molecule has 3 rings (SSSR count). The van der Waals surface area contributed by atoms with E-state index >= 15 is 0 Å². The molecule has 0 aliphatic carbocycles. The number of fused-ring (bicyclic) bond motifs is 2. The van der Waals surface area contributed by atoms with Crippen LogP contribution in [0.1, 0.15) is 36.2 Å². The fourth-order valence-corrected chi connectivity index (χ4v) is 3.17. The lowest BCUT2D eigenvalue weighted by atomic mass is 10.00. The summed E-state index contributed by atoms with van der Waals surface area (Å²) in [5.74, 6) is 0.268. The zero-order valence-corrected chi connectivity index (χ0v) is 11.0. The molecule has 2 aliphatic rings. The molecule has 4 nitrogen and oxygen atoms in total. The van der Waals surface area contributed by atoms with Crippen molar-refractivity contribution in [2.45, 2.75) is 43.8 Å². The number of amides is 1. The number of hydrogen-bond acceptors (Lipinski definition) is 3. The largest absolute Gasteiger partial charge is 0.444 e. The Bertz CT molecular complexity index is 420. The third kappa shape index (κ3) is 2.40. The summed E-state index contributed by atoms with van der Waals surface area (Å²) in [7, 11) is 0. The molecule has 2 N–H and O–H groups in total. The van der Waals surface area contributed by atoms with Crippen molar-refractivity contribution in [3.05, 3.63) is 22.6 Å². The first kappa shape index (κ1) is 11.3. The Morgan fingerprint density at radius 3 is 2.65 bits per heavy atom. The van der Waals surface area contributed by atoms with Gasteiger partial charge in [-0.1, -0.05) is 0 Å². The zero-order chi connectivity index (χ0) is 11.8. The highest BCUT2D eigenvalue weighted by Gasteiger charge is 2.34. The molecule has 92 valence electrons. The second-order valence-electron chi connectivity index (χ2n) is 4.88. The first-order chi connectivity index (χ1) is 8.20. The molecular weight excluding hydrogens is 284 g/mol. The molecule has 1 aromatic heterocycles. The van der Waals surface area contributed by atoms with E-state index in [1.165, 1.54) is 12.8 Å². The Morgan fingerprint density at radius 1 is 1.35 bits per heavy atom. The monoisotopic (exact) mass is 298 g/mol. The minimum Gasteiger partial charge on any atom is -0.444 e. The molecular formula is C12H15BrN2O2. The van der Waals surface area contributed by atoms with Gasteiger partial charge in [-0.25, -0.2) is 0 Å². The minimum absolute atomic E-state index is 0.109. The van der Waals surface area contributed by atoms with Gasteiger partial charge < -0.3 is 15.1 Å². The van der Waals surface area contributed by atoms with Crippen LogP contribution in [0.15, 0.2) is 21.2 Å². The molecule has 2 aliphatic heterocycles. The standard InChI is InChI=1S/C12H15BrN2O2/c13-11-4-3-10(17-11)12(16)15-9-5-7-1-2-8(6-9)14-7/h3-4,7-9,14H,1-2,5-6H2,(H,15,16). The van der Waals surface area contributed by atoms with Crippen LogP contribution in [0.5, 0.6) is 0 Å². The number of carbonyl (C=O) groups is 1. The fourth-order valence-electron chi connectivity index (χ4n) is 2.87. The summed E-state index contributed by atoms with van der Waals surface area (Å²) in [6, 6.07) is 4.88. The summed E-state index contributed by atoms with van der Waals surface area (Å²) in [5, 5.41) is 6.61. The van der Waals surface area contributed by atoms with Gasteiger partial charge in [-0.3, -0.25) is 4.79 Å². The van der Waals surface area contributed by atoms with Crippen LogP contribution in [0.3, 0.4) is 0 Å². The van der Waals surface area contributed by atoms with Crippen LogP contribution in [0.2, 0.25) is 0 Å². The molecule has 3 heterocycles. The van der Waals surface area contributed by atoms with Gasteiger partial charge in [0.2, 0.25) is 0 Å². The summed E-state index contributed by atoms with van der Waals surface area (Å²) < 4.78 is 5.84. The van der Waals surface area contributed by atoms with Crippen LogP contribution in [0.25, 0.3) is 0 Å². The average Bonchev–Trinajstić information content (AvgIpc) is 2.85. The van der Waals surface area contributed by atoms with Gasteiger partial charge in [-0.2, -0.15) is 0 Å². The fraction of sp³-hybridized carbons (Fsp3) is 0.583. The molecule has 2 unspecified atom stereocenters. The summed E-state index contributed by atoms with van der Waals surface area (Å²) >= 11 is 3.20. The van der Waals surface area contributed by atoms with Gasteiger partial charge in [0.15, 0.2) is 10.4 Å². The first-order valence-electron chi connectivity index (χ1n) is 6.03. The van der Waals surface area contributed by atoms with Crippen molar-refractivity contribution in [2.75, 3.05) is 0 Å². The quantitative estimate of drug-likeness (QED) is 0.879.